The molecule has 1 heterocycles. The molecule has 0 aliphatic heterocycles. The molecule has 0 bridgehead atoms. The number of hydrogen-bond donors (Lipinski definition) is 1. The highest BCUT2D eigenvalue weighted by atomic mass is 35.5. The minimum absolute atomic E-state index is 0. The van der Waals surface area contributed by atoms with Gasteiger partial charge in [-0.3, -0.25) is 4.79 Å². The van der Waals surface area contributed by atoms with Crippen LogP contribution in [0, 0.1) is 5.92 Å². The van der Waals surface area contributed by atoms with Crippen LogP contribution >= 0.6 is 23.7 Å². The zero-order valence-corrected chi connectivity index (χ0v) is 14.8. The van der Waals surface area contributed by atoms with E-state index in [4.69, 9.17) is 5.73 Å². The Morgan fingerprint density at radius 3 is 2.32 bits per heavy atom. The smallest absolute Gasteiger partial charge is 0.273 e. The average Bonchev–Trinajstić information content (AvgIpc) is 3.23. The van der Waals surface area contributed by atoms with Crippen LogP contribution in [0.3, 0.4) is 0 Å². The van der Waals surface area contributed by atoms with E-state index in [1.54, 1.807) is 0 Å². The quantitative estimate of drug-likeness (QED) is 0.888. The van der Waals surface area contributed by atoms with Gasteiger partial charge >= 0.3 is 0 Å². The lowest BCUT2D eigenvalue weighted by atomic mass is 9.84. The van der Waals surface area contributed by atoms with Crippen molar-refractivity contribution in [2.24, 2.45) is 11.7 Å². The van der Waals surface area contributed by atoms with Crippen molar-refractivity contribution >= 4 is 29.7 Å². The maximum absolute atomic E-state index is 12.8. The molecule has 2 N–H and O–H groups in total. The van der Waals surface area contributed by atoms with E-state index in [9.17, 15) is 4.79 Å². The second kappa shape index (κ2) is 7.75. The van der Waals surface area contributed by atoms with Crippen LogP contribution in [0.15, 0.2) is 5.38 Å². The second-order valence-electron chi connectivity index (χ2n) is 6.36. The van der Waals surface area contributed by atoms with Crippen LogP contribution in [-0.4, -0.2) is 27.9 Å². The highest BCUT2D eigenvalue weighted by molar-refractivity contribution is 7.09. The van der Waals surface area contributed by atoms with E-state index in [-0.39, 0.29) is 18.3 Å². The van der Waals surface area contributed by atoms with E-state index in [2.05, 4.69) is 16.8 Å². The van der Waals surface area contributed by atoms with Crippen LogP contribution in [0.1, 0.15) is 67.4 Å². The minimum Gasteiger partial charge on any atom is -0.331 e. The first-order chi connectivity index (χ1) is 10.2. The van der Waals surface area contributed by atoms with Gasteiger partial charge in [-0.2, -0.15) is 0 Å². The molecule has 2 aliphatic carbocycles. The molecule has 4 nitrogen and oxygen atoms in total. The third-order valence-corrected chi connectivity index (χ3v) is 5.78. The summed E-state index contributed by atoms with van der Waals surface area (Å²) < 4.78 is 0. The van der Waals surface area contributed by atoms with Crippen molar-refractivity contribution in [3.63, 3.8) is 0 Å². The predicted octanol–water partition coefficient (Wildman–Crippen LogP) is 3.60. The molecule has 2 fully saturated rings. The van der Waals surface area contributed by atoms with Crippen molar-refractivity contribution in [1.82, 2.24) is 9.88 Å². The summed E-state index contributed by atoms with van der Waals surface area (Å²) in [5.74, 6) is 0.994. The minimum atomic E-state index is 0. The lowest BCUT2D eigenvalue weighted by Crippen LogP contribution is -2.44. The van der Waals surface area contributed by atoms with Crippen LogP contribution in [0.4, 0.5) is 0 Å². The van der Waals surface area contributed by atoms with Crippen molar-refractivity contribution in [2.45, 2.75) is 70.5 Å². The number of rotatable bonds is 5. The number of aromatic nitrogens is 1. The van der Waals surface area contributed by atoms with Crippen molar-refractivity contribution in [3.8, 4) is 0 Å². The fourth-order valence-electron chi connectivity index (χ4n) is 3.45. The summed E-state index contributed by atoms with van der Waals surface area (Å²) in [7, 11) is 0. The number of thiazole rings is 1. The van der Waals surface area contributed by atoms with Crippen molar-refractivity contribution in [2.75, 3.05) is 0 Å². The third kappa shape index (κ3) is 3.81. The number of amides is 1. The molecule has 0 spiro atoms. The molecule has 1 aromatic heterocycles. The molecule has 1 aromatic rings. The van der Waals surface area contributed by atoms with Crippen molar-refractivity contribution in [1.29, 1.82) is 0 Å². The fraction of sp³-hybridized carbons (Fsp3) is 0.750. The first-order valence-corrected chi connectivity index (χ1v) is 9.08. The Bertz CT molecular complexity index is 495. The molecule has 0 atom stereocenters. The Morgan fingerprint density at radius 2 is 1.86 bits per heavy atom. The number of carbonyl (C=O) groups is 1. The maximum atomic E-state index is 12.8. The monoisotopic (exact) mass is 343 g/mol. The highest BCUT2D eigenvalue weighted by Gasteiger charge is 2.39. The van der Waals surface area contributed by atoms with Gasteiger partial charge in [-0.15, -0.1) is 23.7 Å². The topological polar surface area (TPSA) is 59.2 Å². The van der Waals surface area contributed by atoms with E-state index < -0.39 is 0 Å². The normalized spacial score (nSPS) is 24.6. The van der Waals surface area contributed by atoms with E-state index in [1.807, 2.05) is 5.38 Å². The molecule has 1 amide bonds. The number of hydrogen-bond acceptors (Lipinski definition) is 4. The zero-order valence-electron chi connectivity index (χ0n) is 13.2. The van der Waals surface area contributed by atoms with Gasteiger partial charge in [0, 0.05) is 24.0 Å². The van der Waals surface area contributed by atoms with Gasteiger partial charge < -0.3 is 10.6 Å². The van der Waals surface area contributed by atoms with Gasteiger partial charge in [0.25, 0.3) is 5.91 Å². The molecular weight excluding hydrogens is 318 g/mol. The number of nitrogens with zero attached hydrogens (tertiary/aromatic N) is 2. The number of carbonyl (C=O) groups excluding carboxylic acids is 1. The molecule has 3 rings (SSSR count). The van der Waals surface area contributed by atoms with Crippen LogP contribution < -0.4 is 5.73 Å². The molecule has 0 radical (unpaired) electrons. The van der Waals surface area contributed by atoms with Crippen LogP contribution in [0.25, 0.3) is 0 Å². The Morgan fingerprint density at radius 1 is 1.27 bits per heavy atom. The molecule has 6 heteroatoms. The van der Waals surface area contributed by atoms with Gasteiger partial charge in [-0.05, 0) is 44.4 Å². The Balaban J connectivity index is 0.00000176. The largest absolute Gasteiger partial charge is 0.331 e. The summed E-state index contributed by atoms with van der Waals surface area (Å²) in [6.45, 7) is 2.70. The molecular formula is C16H26ClN3OS. The first-order valence-electron chi connectivity index (χ1n) is 8.20. The maximum Gasteiger partial charge on any atom is 0.273 e. The summed E-state index contributed by atoms with van der Waals surface area (Å²) in [5.41, 5.74) is 6.21. The Labute approximate surface area is 142 Å². The molecule has 0 aromatic carbocycles. The molecule has 2 saturated carbocycles. The standard InChI is InChI=1S/C16H25N3OS.ClH/c1-2-11-3-5-12(6-4-11)19(13-7-8-13)16(20)14-10-21-15(9-17)18-14;/h10-13H,2-9,17H2,1H3;1H. The zero-order chi connectivity index (χ0) is 14.8. The van der Waals surface area contributed by atoms with Crippen molar-refractivity contribution in [3.05, 3.63) is 16.1 Å². The average molecular weight is 344 g/mol. The van der Waals surface area contributed by atoms with E-state index >= 15 is 0 Å². The summed E-state index contributed by atoms with van der Waals surface area (Å²) in [6, 6.07) is 0.888. The summed E-state index contributed by atoms with van der Waals surface area (Å²) in [4.78, 5) is 19.4. The first kappa shape index (κ1) is 17.7. The third-order valence-electron chi connectivity index (χ3n) is 4.91. The number of halogens is 1. The van der Waals surface area contributed by atoms with E-state index in [0.29, 0.717) is 24.3 Å². The molecule has 22 heavy (non-hydrogen) atoms. The van der Waals surface area contributed by atoms with Gasteiger partial charge in [-0.1, -0.05) is 13.3 Å². The van der Waals surface area contributed by atoms with Gasteiger partial charge in [-0.25, -0.2) is 4.98 Å². The molecule has 0 saturated heterocycles. The Kier molecular flexibility index (Phi) is 6.24. The summed E-state index contributed by atoms with van der Waals surface area (Å²) in [5, 5.41) is 2.72. The van der Waals surface area contributed by atoms with Gasteiger partial charge in [0.05, 0.1) is 0 Å². The Hall–Kier alpha value is -0.650. The number of nitrogens with two attached hydrogens (primary N) is 1. The van der Waals surface area contributed by atoms with E-state index in [1.165, 1.54) is 30.6 Å². The van der Waals surface area contributed by atoms with Gasteiger partial charge in [0.15, 0.2) is 0 Å². The van der Waals surface area contributed by atoms with E-state index in [0.717, 1.165) is 36.6 Å². The van der Waals surface area contributed by atoms with Gasteiger partial charge in [0.1, 0.15) is 10.7 Å². The lowest BCUT2D eigenvalue weighted by molar-refractivity contribution is 0.0582. The molecule has 0 unspecified atom stereocenters. The predicted molar refractivity (Wildman–Crippen MR) is 92.5 cm³/mol. The summed E-state index contributed by atoms with van der Waals surface area (Å²) >= 11 is 1.49. The van der Waals surface area contributed by atoms with Crippen LogP contribution in [0.5, 0.6) is 0 Å². The van der Waals surface area contributed by atoms with Crippen LogP contribution in [0.2, 0.25) is 0 Å². The summed E-state index contributed by atoms with van der Waals surface area (Å²) in [6.07, 6.45) is 8.45. The highest BCUT2D eigenvalue weighted by Crippen LogP contribution is 2.37. The van der Waals surface area contributed by atoms with Gasteiger partial charge in [0.2, 0.25) is 0 Å². The molecule has 2 aliphatic rings. The lowest BCUT2D eigenvalue weighted by Gasteiger charge is -2.36. The van der Waals surface area contributed by atoms with Crippen molar-refractivity contribution < 1.29 is 4.79 Å². The van der Waals surface area contributed by atoms with Crippen LogP contribution in [-0.2, 0) is 6.54 Å². The fourth-order valence-corrected chi connectivity index (χ4v) is 4.10. The molecule has 124 valence electrons. The SMILES string of the molecule is CCC1CCC(N(C(=O)c2csc(CN)n2)C2CC2)CC1.Cl. The second-order valence-corrected chi connectivity index (χ2v) is 7.30.